The van der Waals surface area contributed by atoms with Gasteiger partial charge in [-0.15, -0.1) is 0 Å². The second-order valence-electron chi connectivity index (χ2n) is 7.00. The Kier molecular flexibility index (Phi) is 4.85. The van der Waals surface area contributed by atoms with Gasteiger partial charge in [0, 0.05) is 23.9 Å². The number of Topliss-reactive ketones (excluding diaryl/α,β-unsaturated/α-hetero) is 1. The van der Waals surface area contributed by atoms with E-state index in [1.54, 1.807) is 12.1 Å². The Labute approximate surface area is 152 Å². The largest absolute Gasteiger partial charge is 0.354 e. The van der Waals surface area contributed by atoms with Crippen LogP contribution in [0.2, 0.25) is 0 Å². The monoisotopic (exact) mass is 350 g/mol. The summed E-state index contributed by atoms with van der Waals surface area (Å²) in [5, 5.41) is 0.940. The van der Waals surface area contributed by atoms with E-state index >= 15 is 0 Å². The number of halogens is 1. The fourth-order valence-electron chi connectivity index (χ4n) is 3.83. The van der Waals surface area contributed by atoms with E-state index in [-0.39, 0.29) is 11.6 Å². The second-order valence-corrected chi connectivity index (χ2v) is 7.00. The minimum atomic E-state index is -0.275. The molecule has 0 bridgehead atoms. The van der Waals surface area contributed by atoms with Crippen molar-refractivity contribution in [1.29, 1.82) is 0 Å². The fourth-order valence-corrected chi connectivity index (χ4v) is 3.83. The van der Waals surface area contributed by atoms with Crippen LogP contribution in [0.15, 0.2) is 48.5 Å². The molecular formula is C22H23FN2O. The molecule has 1 aromatic heterocycles. The van der Waals surface area contributed by atoms with E-state index in [0.717, 1.165) is 47.4 Å². The number of para-hydroxylation sites is 1. The first-order valence-corrected chi connectivity index (χ1v) is 9.34. The maximum atomic E-state index is 13.3. The van der Waals surface area contributed by atoms with Crippen molar-refractivity contribution in [3.63, 3.8) is 0 Å². The molecule has 3 aromatic rings. The van der Waals surface area contributed by atoms with E-state index in [4.69, 9.17) is 0 Å². The molecule has 26 heavy (non-hydrogen) atoms. The molecule has 1 aliphatic rings. The summed E-state index contributed by atoms with van der Waals surface area (Å²) < 4.78 is 13.3. The number of H-pyrrole nitrogens is 1. The van der Waals surface area contributed by atoms with Crippen LogP contribution in [0, 0.1) is 5.82 Å². The first-order valence-electron chi connectivity index (χ1n) is 9.34. The zero-order chi connectivity index (χ0) is 17.9. The Bertz CT molecular complexity index is 908. The van der Waals surface area contributed by atoms with Crippen molar-refractivity contribution in [2.45, 2.75) is 25.7 Å². The van der Waals surface area contributed by atoms with Gasteiger partial charge in [-0.3, -0.25) is 4.79 Å². The summed E-state index contributed by atoms with van der Waals surface area (Å²) in [7, 11) is 0. The smallest absolute Gasteiger partial charge is 0.166 e. The quantitative estimate of drug-likeness (QED) is 0.655. The number of nitrogens with one attached hydrogen (secondary N) is 1. The van der Waals surface area contributed by atoms with Gasteiger partial charge in [0.2, 0.25) is 0 Å². The lowest BCUT2D eigenvalue weighted by Gasteiger charge is -2.26. The summed E-state index contributed by atoms with van der Waals surface area (Å²) in [6, 6.07) is 14.2. The molecular weight excluding hydrogens is 327 g/mol. The third-order valence-corrected chi connectivity index (χ3v) is 5.22. The Balaban J connectivity index is 1.66. The van der Waals surface area contributed by atoms with Gasteiger partial charge in [-0.1, -0.05) is 24.6 Å². The average molecular weight is 350 g/mol. The number of hydrogen-bond donors (Lipinski definition) is 1. The van der Waals surface area contributed by atoms with Crippen molar-refractivity contribution in [3.05, 3.63) is 59.9 Å². The predicted octanol–water partition coefficient (Wildman–Crippen LogP) is 5.03. The highest BCUT2D eigenvalue weighted by Crippen LogP contribution is 2.31. The van der Waals surface area contributed by atoms with Gasteiger partial charge in [-0.05, 0) is 61.8 Å². The molecule has 0 spiro atoms. The summed E-state index contributed by atoms with van der Waals surface area (Å²) >= 11 is 0. The zero-order valence-electron chi connectivity index (χ0n) is 14.8. The van der Waals surface area contributed by atoms with Gasteiger partial charge in [0.25, 0.3) is 0 Å². The molecule has 2 aromatic carbocycles. The van der Waals surface area contributed by atoms with E-state index in [0.29, 0.717) is 6.42 Å². The zero-order valence-corrected chi connectivity index (χ0v) is 14.8. The molecule has 0 atom stereocenters. The lowest BCUT2D eigenvalue weighted by atomic mass is 9.99. The van der Waals surface area contributed by atoms with E-state index in [1.165, 1.54) is 31.4 Å². The number of aromatic nitrogens is 1. The Morgan fingerprint density at radius 2 is 1.73 bits per heavy atom. The normalized spacial score (nSPS) is 15.4. The highest BCUT2D eigenvalue weighted by Gasteiger charge is 2.20. The second kappa shape index (κ2) is 7.42. The Morgan fingerprint density at radius 1 is 1.00 bits per heavy atom. The molecule has 1 saturated heterocycles. The van der Waals surface area contributed by atoms with Crippen molar-refractivity contribution in [2.75, 3.05) is 19.6 Å². The molecule has 4 rings (SSSR count). The number of hydrogen-bond acceptors (Lipinski definition) is 2. The Hall–Kier alpha value is -2.46. The first kappa shape index (κ1) is 17.0. The molecule has 1 fully saturated rings. The van der Waals surface area contributed by atoms with Crippen LogP contribution in [-0.2, 0) is 0 Å². The van der Waals surface area contributed by atoms with Gasteiger partial charge in [-0.25, -0.2) is 4.39 Å². The third kappa shape index (κ3) is 3.42. The molecule has 3 nitrogen and oxygen atoms in total. The van der Waals surface area contributed by atoms with E-state index in [1.807, 2.05) is 24.3 Å². The third-order valence-electron chi connectivity index (χ3n) is 5.22. The number of benzene rings is 2. The highest BCUT2D eigenvalue weighted by molar-refractivity contribution is 6.13. The first-order chi connectivity index (χ1) is 12.7. The van der Waals surface area contributed by atoms with Crippen LogP contribution in [0.3, 0.4) is 0 Å². The number of rotatable bonds is 5. The van der Waals surface area contributed by atoms with Crippen LogP contribution >= 0.6 is 0 Å². The van der Waals surface area contributed by atoms with Crippen molar-refractivity contribution >= 4 is 16.7 Å². The van der Waals surface area contributed by atoms with Crippen LogP contribution in [0.25, 0.3) is 22.2 Å². The number of piperidine rings is 1. The molecule has 0 aliphatic carbocycles. The minimum absolute atomic E-state index is 0.146. The number of likely N-dealkylation sites (tertiary alicyclic amines) is 1. The lowest BCUT2D eigenvalue weighted by molar-refractivity contribution is 0.0961. The molecule has 0 amide bonds. The maximum Gasteiger partial charge on any atom is 0.166 e. The van der Waals surface area contributed by atoms with Gasteiger partial charge in [0.05, 0.1) is 11.3 Å². The molecule has 134 valence electrons. The van der Waals surface area contributed by atoms with Crippen molar-refractivity contribution in [3.8, 4) is 11.3 Å². The molecule has 2 heterocycles. The summed E-state index contributed by atoms with van der Waals surface area (Å²) in [4.78, 5) is 18.8. The summed E-state index contributed by atoms with van der Waals surface area (Å²) in [5.74, 6) is -0.129. The van der Waals surface area contributed by atoms with Gasteiger partial charge < -0.3 is 9.88 Å². The van der Waals surface area contributed by atoms with Crippen LogP contribution in [0.5, 0.6) is 0 Å². The topological polar surface area (TPSA) is 36.1 Å². The molecule has 0 unspecified atom stereocenters. The van der Waals surface area contributed by atoms with Gasteiger partial charge in [-0.2, -0.15) is 0 Å². The Morgan fingerprint density at radius 3 is 2.50 bits per heavy atom. The highest BCUT2D eigenvalue weighted by atomic mass is 19.1. The number of fused-ring (bicyclic) bond motifs is 1. The van der Waals surface area contributed by atoms with Gasteiger partial charge in [0.15, 0.2) is 5.78 Å². The number of aromatic amines is 1. The minimum Gasteiger partial charge on any atom is -0.354 e. The molecule has 1 N–H and O–H groups in total. The van der Waals surface area contributed by atoms with Crippen molar-refractivity contribution in [1.82, 2.24) is 9.88 Å². The van der Waals surface area contributed by atoms with Gasteiger partial charge >= 0.3 is 0 Å². The van der Waals surface area contributed by atoms with E-state index < -0.39 is 0 Å². The number of nitrogens with zero attached hydrogens (tertiary/aromatic N) is 1. The lowest BCUT2D eigenvalue weighted by Crippen LogP contribution is -2.31. The summed E-state index contributed by atoms with van der Waals surface area (Å²) in [6.45, 7) is 2.99. The van der Waals surface area contributed by atoms with Crippen LogP contribution in [0.4, 0.5) is 4.39 Å². The maximum absolute atomic E-state index is 13.3. The summed E-state index contributed by atoms with van der Waals surface area (Å²) in [5.41, 5.74) is 3.29. The SMILES string of the molecule is O=C(CCN1CCCCC1)c1c(-c2ccc(F)cc2)[nH]c2ccccc12. The molecule has 1 aliphatic heterocycles. The molecule has 0 radical (unpaired) electrons. The molecule has 0 saturated carbocycles. The fraction of sp³-hybridized carbons (Fsp3) is 0.318. The molecule has 4 heteroatoms. The predicted molar refractivity (Wildman–Crippen MR) is 103 cm³/mol. The number of carbonyl (C=O) groups excluding carboxylic acids is 1. The number of carbonyl (C=O) groups is 1. The summed E-state index contributed by atoms with van der Waals surface area (Å²) in [6.07, 6.45) is 4.25. The average Bonchev–Trinajstić information content (AvgIpc) is 3.07. The van der Waals surface area contributed by atoms with Crippen LogP contribution in [0.1, 0.15) is 36.0 Å². The van der Waals surface area contributed by atoms with Crippen molar-refractivity contribution < 1.29 is 9.18 Å². The number of ketones is 1. The van der Waals surface area contributed by atoms with Crippen LogP contribution in [-0.4, -0.2) is 35.3 Å². The van der Waals surface area contributed by atoms with E-state index in [2.05, 4.69) is 9.88 Å². The van der Waals surface area contributed by atoms with Gasteiger partial charge in [0.1, 0.15) is 5.82 Å². The standard InChI is InChI=1S/C22H23FN2O/c23-17-10-8-16(9-11-17)22-21(18-6-2-3-7-19(18)24-22)20(26)12-15-25-13-4-1-5-14-25/h2-3,6-11,24H,1,4-5,12-15H2. The van der Waals surface area contributed by atoms with Crippen molar-refractivity contribution in [2.24, 2.45) is 0 Å². The van der Waals surface area contributed by atoms with Crippen LogP contribution < -0.4 is 0 Å². The van der Waals surface area contributed by atoms with E-state index in [9.17, 15) is 9.18 Å².